The van der Waals surface area contributed by atoms with Gasteiger partial charge in [0.15, 0.2) is 23.3 Å². The fourth-order valence-corrected chi connectivity index (χ4v) is 4.84. The molecule has 1 saturated heterocycles. The molecule has 0 unspecified atom stereocenters. The molecule has 0 atom stereocenters. The van der Waals surface area contributed by atoms with Crippen molar-refractivity contribution in [2.75, 3.05) is 31.1 Å². The highest BCUT2D eigenvalue weighted by Gasteiger charge is 2.29. The van der Waals surface area contributed by atoms with E-state index in [-0.39, 0.29) is 18.0 Å². The monoisotopic (exact) mass is 434 g/mol. The largest absolute Gasteiger partial charge is 0.352 e. The maximum absolute atomic E-state index is 13.5. The number of nitrogens with zero attached hydrogens (tertiary/aromatic N) is 6. The number of halogens is 2. The molecule has 0 saturated carbocycles. The molecule has 3 aromatic rings. The van der Waals surface area contributed by atoms with Gasteiger partial charge < -0.3 is 4.90 Å². The third kappa shape index (κ3) is 3.77. The minimum atomic E-state index is -3.90. The number of piperazine rings is 1. The van der Waals surface area contributed by atoms with E-state index in [0.717, 1.165) is 23.5 Å². The average Bonchev–Trinajstić information content (AvgIpc) is 3.08. The van der Waals surface area contributed by atoms with Gasteiger partial charge in [-0.3, -0.25) is 0 Å². The summed E-state index contributed by atoms with van der Waals surface area (Å²) < 4.78 is 55.0. The predicted molar refractivity (Wildman–Crippen MR) is 106 cm³/mol. The lowest BCUT2D eigenvalue weighted by Gasteiger charge is -2.34. The van der Waals surface area contributed by atoms with Gasteiger partial charge in [-0.1, -0.05) is 0 Å². The minimum Gasteiger partial charge on any atom is -0.352 e. The normalized spacial score (nSPS) is 15.5. The predicted octanol–water partition coefficient (Wildman–Crippen LogP) is 2.07. The van der Waals surface area contributed by atoms with Gasteiger partial charge >= 0.3 is 0 Å². The van der Waals surface area contributed by atoms with Crippen molar-refractivity contribution in [2.24, 2.45) is 0 Å². The Kier molecular flexibility index (Phi) is 5.24. The van der Waals surface area contributed by atoms with Gasteiger partial charge in [-0.15, -0.1) is 10.2 Å². The first-order valence-corrected chi connectivity index (χ1v) is 10.8. The second kappa shape index (κ2) is 7.73. The summed E-state index contributed by atoms with van der Waals surface area (Å²) in [5.41, 5.74) is 1.84. The lowest BCUT2D eigenvalue weighted by atomic mass is 10.3. The molecule has 1 aliphatic rings. The van der Waals surface area contributed by atoms with Gasteiger partial charge in [0.1, 0.15) is 0 Å². The number of rotatable bonds is 4. The molecule has 0 radical (unpaired) electrons. The van der Waals surface area contributed by atoms with Gasteiger partial charge in [-0.2, -0.15) is 9.40 Å². The molecule has 4 rings (SSSR count). The maximum atomic E-state index is 13.5. The van der Waals surface area contributed by atoms with Crippen LogP contribution in [0.5, 0.6) is 0 Å². The Labute approximate surface area is 172 Å². The van der Waals surface area contributed by atoms with Crippen LogP contribution in [-0.2, 0) is 10.0 Å². The molecular weight excluding hydrogens is 414 g/mol. The van der Waals surface area contributed by atoms with E-state index in [1.807, 2.05) is 36.9 Å². The number of aryl methyl sites for hydroxylation is 2. The Morgan fingerprint density at radius 2 is 1.53 bits per heavy atom. The molecular formula is C19H20F2N6O2S. The summed E-state index contributed by atoms with van der Waals surface area (Å²) in [7, 11) is -3.90. The second-order valence-electron chi connectivity index (χ2n) is 7.06. The van der Waals surface area contributed by atoms with Crippen LogP contribution < -0.4 is 4.90 Å². The number of benzene rings is 1. The van der Waals surface area contributed by atoms with Crippen molar-refractivity contribution in [2.45, 2.75) is 18.7 Å². The molecule has 158 valence electrons. The molecule has 3 heterocycles. The summed E-state index contributed by atoms with van der Waals surface area (Å²) in [6.07, 6.45) is 0. The van der Waals surface area contributed by atoms with Crippen LogP contribution in [0.3, 0.4) is 0 Å². The first-order chi connectivity index (χ1) is 14.3. The highest BCUT2D eigenvalue weighted by molar-refractivity contribution is 7.89. The third-order valence-electron chi connectivity index (χ3n) is 4.95. The van der Waals surface area contributed by atoms with Crippen LogP contribution in [0.2, 0.25) is 0 Å². The molecule has 30 heavy (non-hydrogen) atoms. The van der Waals surface area contributed by atoms with E-state index in [0.29, 0.717) is 30.8 Å². The molecule has 0 aliphatic carbocycles. The summed E-state index contributed by atoms with van der Waals surface area (Å²) >= 11 is 0. The summed E-state index contributed by atoms with van der Waals surface area (Å²) in [4.78, 5) is 1.67. The van der Waals surface area contributed by atoms with E-state index in [1.54, 1.807) is 4.68 Å². The van der Waals surface area contributed by atoms with Gasteiger partial charge in [-0.05, 0) is 50.2 Å². The first kappa shape index (κ1) is 20.4. The zero-order valence-corrected chi connectivity index (χ0v) is 17.3. The summed E-state index contributed by atoms with van der Waals surface area (Å²) in [6, 6.07) is 8.18. The Hall–Kier alpha value is -2.92. The molecule has 1 aliphatic heterocycles. The molecule has 0 N–H and O–H groups in total. The molecule has 8 nitrogen and oxygen atoms in total. The first-order valence-electron chi connectivity index (χ1n) is 9.33. The van der Waals surface area contributed by atoms with Crippen molar-refractivity contribution in [3.05, 3.63) is 59.4 Å². The van der Waals surface area contributed by atoms with Crippen molar-refractivity contribution < 1.29 is 17.2 Å². The standard InChI is InChI=1S/C19H20F2N6O2S/c1-13-11-14(2)27(24-13)19-6-5-18(22-23-19)25-7-9-26(10-8-25)30(28,29)15-3-4-16(20)17(21)12-15/h3-6,11-12H,7-10H2,1-2H3. The zero-order valence-electron chi connectivity index (χ0n) is 16.5. The van der Waals surface area contributed by atoms with Crippen molar-refractivity contribution in [3.63, 3.8) is 0 Å². The van der Waals surface area contributed by atoms with Crippen molar-refractivity contribution in [3.8, 4) is 5.82 Å². The Morgan fingerprint density at radius 1 is 0.867 bits per heavy atom. The molecule has 1 aromatic carbocycles. The van der Waals surface area contributed by atoms with E-state index >= 15 is 0 Å². The number of sulfonamides is 1. The summed E-state index contributed by atoms with van der Waals surface area (Å²) in [5.74, 6) is -1.04. The molecule has 2 aromatic heterocycles. The van der Waals surface area contributed by atoms with Gasteiger partial charge in [0.2, 0.25) is 10.0 Å². The summed E-state index contributed by atoms with van der Waals surface area (Å²) in [5, 5.41) is 12.9. The third-order valence-corrected chi connectivity index (χ3v) is 6.85. The average molecular weight is 434 g/mol. The van der Waals surface area contributed by atoms with Gasteiger partial charge in [-0.25, -0.2) is 21.9 Å². The lowest BCUT2D eigenvalue weighted by Crippen LogP contribution is -2.49. The van der Waals surface area contributed by atoms with E-state index in [4.69, 9.17) is 0 Å². The van der Waals surface area contributed by atoms with Gasteiger partial charge in [0.05, 0.1) is 10.6 Å². The van der Waals surface area contributed by atoms with Crippen molar-refractivity contribution >= 4 is 15.8 Å². The van der Waals surface area contributed by atoms with E-state index in [9.17, 15) is 17.2 Å². The van der Waals surface area contributed by atoms with Crippen molar-refractivity contribution in [1.82, 2.24) is 24.3 Å². The lowest BCUT2D eigenvalue weighted by molar-refractivity contribution is 0.383. The number of hydrogen-bond donors (Lipinski definition) is 0. The smallest absolute Gasteiger partial charge is 0.243 e. The van der Waals surface area contributed by atoms with E-state index < -0.39 is 21.7 Å². The van der Waals surface area contributed by atoms with Crippen LogP contribution in [0.25, 0.3) is 5.82 Å². The van der Waals surface area contributed by atoms with Gasteiger partial charge in [0, 0.05) is 31.9 Å². The zero-order chi connectivity index (χ0) is 21.5. The highest BCUT2D eigenvalue weighted by atomic mass is 32.2. The van der Waals surface area contributed by atoms with Crippen LogP contribution in [-0.4, -0.2) is 58.9 Å². The van der Waals surface area contributed by atoms with Crippen LogP contribution in [0.15, 0.2) is 41.3 Å². The second-order valence-corrected chi connectivity index (χ2v) is 8.99. The van der Waals surface area contributed by atoms with E-state index in [2.05, 4.69) is 15.3 Å². The quantitative estimate of drug-likeness (QED) is 0.625. The number of hydrogen-bond acceptors (Lipinski definition) is 6. The fraction of sp³-hybridized carbons (Fsp3) is 0.316. The van der Waals surface area contributed by atoms with Crippen LogP contribution >= 0.6 is 0 Å². The van der Waals surface area contributed by atoms with Crippen LogP contribution in [0.4, 0.5) is 14.6 Å². The maximum Gasteiger partial charge on any atom is 0.243 e. The van der Waals surface area contributed by atoms with Crippen molar-refractivity contribution in [1.29, 1.82) is 0 Å². The van der Waals surface area contributed by atoms with E-state index in [1.165, 1.54) is 4.31 Å². The minimum absolute atomic E-state index is 0.197. The molecule has 11 heteroatoms. The van der Waals surface area contributed by atoms with Crippen LogP contribution in [0, 0.1) is 25.5 Å². The summed E-state index contributed by atoms with van der Waals surface area (Å²) in [6.45, 7) is 5.03. The Morgan fingerprint density at radius 3 is 2.10 bits per heavy atom. The Balaban J connectivity index is 1.45. The molecule has 1 fully saturated rings. The Bertz CT molecular complexity index is 1170. The molecule has 0 amide bonds. The number of anilines is 1. The van der Waals surface area contributed by atoms with Gasteiger partial charge in [0.25, 0.3) is 0 Å². The molecule has 0 spiro atoms. The number of aromatic nitrogens is 4. The van der Waals surface area contributed by atoms with Crippen LogP contribution in [0.1, 0.15) is 11.4 Å². The highest BCUT2D eigenvalue weighted by Crippen LogP contribution is 2.22. The molecule has 0 bridgehead atoms. The fourth-order valence-electron chi connectivity index (χ4n) is 3.40. The SMILES string of the molecule is Cc1cc(C)n(-c2ccc(N3CCN(S(=O)(=O)c4ccc(F)c(F)c4)CC3)nn2)n1. The topological polar surface area (TPSA) is 84.2 Å².